The Morgan fingerprint density at radius 1 is 1.20 bits per heavy atom. The van der Waals surface area contributed by atoms with Crippen LogP contribution < -0.4 is 5.32 Å². The van der Waals surface area contributed by atoms with Crippen molar-refractivity contribution in [2.75, 3.05) is 7.11 Å². The SMILES string of the molecule is COCc1ccc(C(=O)NC(CC(=O)O)C(=O)O)cc1. The lowest BCUT2D eigenvalue weighted by atomic mass is 10.1. The molecule has 1 atom stereocenters. The molecule has 0 saturated carbocycles. The molecular weight excluding hydrogens is 266 g/mol. The lowest BCUT2D eigenvalue weighted by Gasteiger charge is -2.12. The van der Waals surface area contributed by atoms with E-state index in [0.717, 1.165) is 5.56 Å². The maximum absolute atomic E-state index is 11.8. The first-order valence-corrected chi connectivity index (χ1v) is 5.77. The summed E-state index contributed by atoms with van der Waals surface area (Å²) in [5.74, 6) is -3.33. The first-order valence-electron chi connectivity index (χ1n) is 5.77. The van der Waals surface area contributed by atoms with Crippen molar-refractivity contribution in [3.63, 3.8) is 0 Å². The topological polar surface area (TPSA) is 113 Å². The van der Waals surface area contributed by atoms with Crippen molar-refractivity contribution in [3.8, 4) is 0 Å². The molecule has 0 aliphatic rings. The Labute approximate surface area is 115 Å². The number of carboxylic acids is 2. The molecule has 1 unspecified atom stereocenters. The van der Waals surface area contributed by atoms with Crippen LogP contribution >= 0.6 is 0 Å². The van der Waals surface area contributed by atoms with Crippen LogP contribution in [0.5, 0.6) is 0 Å². The van der Waals surface area contributed by atoms with Gasteiger partial charge in [-0.1, -0.05) is 12.1 Å². The Morgan fingerprint density at radius 2 is 1.80 bits per heavy atom. The monoisotopic (exact) mass is 281 g/mol. The second-order valence-corrected chi connectivity index (χ2v) is 4.09. The number of hydrogen-bond acceptors (Lipinski definition) is 4. The number of nitrogens with one attached hydrogen (secondary N) is 1. The van der Waals surface area contributed by atoms with Gasteiger partial charge in [0.15, 0.2) is 0 Å². The second-order valence-electron chi connectivity index (χ2n) is 4.09. The quantitative estimate of drug-likeness (QED) is 0.670. The number of hydrogen-bond donors (Lipinski definition) is 3. The van der Waals surface area contributed by atoms with E-state index in [2.05, 4.69) is 5.32 Å². The van der Waals surface area contributed by atoms with Crippen LogP contribution in [0.25, 0.3) is 0 Å². The molecule has 0 bridgehead atoms. The normalized spacial score (nSPS) is 11.7. The molecule has 20 heavy (non-hydrogen) atoms. The summed E-state index contributed by atoms with van der Waals surface area (Å²) in [6.07, 6.45) is -0.678. The van der Waals surface area contributed by atoms with Gasteiger partial charge >= 0.3 is 11.9 Å². The van der Waals surface area contributed by atoms with Crippen LogP contribution in [0, 0.1) is 0 Å². The fourth-order valence-electron chi connectivity index (χ4n) is 1.54. The summed E-state index contributed by atoms with van der Waals surface area (Å²) < 4.78 is 4.92. The van der Waals surface area contributed by atoms with Gasteiger partial charge in [-0.15, -0.1) is 0 Å². The molecule has 0 radical (unpaired) electrons. The summed E-state index contributed by atoms with van der Waals surface area (Å²) in [7, 11) is 1.55. The van der Waals surface area contributed by atoms with Gasteiger partial charge < -0.3 is 20.3 Å². The molecule has 0 heterocycles. The van der Waals surface area contributed by atoms with Crippen LogP contribution in [-0.4, -0.2) is 41.2 Å². The van der Waals surface area contributed by atoms with Gasteiger partial charge in [-0.05, 0) is 17.7 Å². The largest absolute Gasteiger partial charge is 0.481 e. The van der Waals surface area contributed by atoms with E-state index < -0.39 is 30.3 Å². The molecule has 108 valence electrons. The Morgan fingerprint density at radius 3 is 2.25 bits per heavy atom. The highest BCUT2D eigenvalue weighted by atomic mass is 16.5. The van der Waals surface area contributed by atoms with Crippen molar-refractivity contribution < 1.29 is 29.3 Å². The smallest absolute Gasteiger partial charge is 0.326 e. The van der Waals surface area contributed by atoms with E-state index in [0.29, 0.717) is 6.61 Å². The van der Waals surface area contributed by atoms with Gasteiger partial charge in [0.25, 0.3) is 5.91 Å². The van der Waals surface area contributed by atoms with E-state index in [4.69, 9.17) is 14.9 Å². The van der Waals surface area contributed by atoms with Gasteiger partial charge in [0.1, 0.15) is 6.04 Å². The summed E-state index contributed by atoms with van der Waals surface area (Å²) in [6, 6.07) is 4.92. The fraction of sp³-hybridized carbons (Fsp3) is 0.308. The highest BCUT2D eigenvalue weighted by Gasteiger charge is 2.23. The standard InChI is InChI=1S/C13H15NO6/c1-20-7-8-2-4-9(5-3-8)12(17)14-10(13(18)19)6-11(15)16/h2-5,10H,6-7H2,1H3,(H,14,17)(H,15,16)(H,18,19). The van der Waals surface area contributed by atoms with Gasteiger partial charge in [0, 0.05) is 12.7 Å². The summed E-state index contributed by atoms with van der Waals surface area (Å²) in [6.45, 7) is 0.401. The molecule has 1 amide bonds. The average Bonchev–Trinajstić information content (AvgIpc) is 2.38. The number of benzene rings is 1. The van der Waals surface area contributed by atoms with Crippen molar-refractivity contribution in [1.82, 2.24) is 5.32 Å². The molecule has 0 spiro atoms. The van der Waals surface area contributed by atoms with Crippen LogP contribution in [0.4, 0.5) is 0 Å². The minimum atomic E-state index is -1.46. The number of aliphatic carboxylic acids is 2. The minimum absolute atomic E-state index is 0.251. The van der Waals surface area contributed by atoms with Crippen LogP contribution in [0.3, 0.4) is 0 Å². The maximum atomic E-state index is 11.8. The molecule has 3 N–H and O–H groups in total. The van der Waals surface area contributed by atoms with Gasteiger partial charge in [-0.25, -0.2) is 4.79 Å². The number of amides is 1. The molecule has 0 aliphatic carbocycles. The highest BCUT2D eigenvalue weighted by molar-refractivity contribution is 5.97. The molecule has 7 nitrogen and oxygen atoms in total. The zero-order chi connectivity index (χ0) is 15.1. The molecular formula is C13H15NO6. The first-order chi connectivity index (χ1) is 9.43. The Kier molecular flexibility index (Phi) is 5.67. The number of carbonyl (C=O) groups is 3. The lowest BCUT2D eigenvalue weighted by Crippen LogP contribution is -2.42. The van der Waals surface area contributed by atoms with E-state index >= 15 is 0 Å². The van der Waals surface area contributed by atoms with Crippen LogP contribution in [-0.2, 0) is 20.9 Å². The average molecular weight is 281 g/mol. The predicted octanol–water partition coefficient (Wildman–Crippen LogP) is 0.491. The molecule has 0 aliphatic heterocycles. The van der Waals surface area contributed by atoms with Gasteiger partial charge in [-0.3, -0.25) is 9.59 Å². The molecule has 0 saturated heterocycles. The minimum Gasteiger partial charge on any atom is -0.481 e. The van der Waals surface area contributed by atoms with Crippen molar-refractivity contribution in [3.05, 3.63) is 35.4 Å². The van der Waals surface area contributed by atoms with Crippen LogP contribution in [0.1, 0.15) is 22.3 Å². The Hall–Kier alpha value is -2.41. The highest BCUT2D eigenvalue weighted by Crippen LogP contribution is 2.06. The summed E-state index contributed by atoms with van der Waals surface area (Å²) in [4.78, 5) is 33.2. The number of rotatable bonds is 7. The van der Waals surface area contributed by atoms with Crippen LogP contribution in [0.2, 0.25) is 0 Å². The van der Waals surface area contributed by atoms with E-state index in [1.54, 1.807) is 19.2 Å². The third-order valence-corrected chi connectivity index (χ3v) is 2.51. The van der Waals surface area contributed by atoms with Gasteiger partial charge in [-0.2, -0.15) is 0 Å². The number of methoxy groups -OCH3 is 1. The molecule has 0 aromatic heterocycles. The zero-order valence-electron chi connectivity index (χ0n) is 10.8. The van der Waals surface area contributed by atoms with Gasteiger partial charge in [0.05, 0.1) is 13.0 Å². The molecule has 7 heteroatoms. The van der Waals surface area contributed by atoms with Crippen molar-refractivity contribution >= 4 is 17.8 Å². The molecule has 1 rings (SSSR count). The summed E-state index contributed by atoms with van der Waals surface area (Å²) >= 11 is 0. The third-order valence-electron chi connectivity index (χ3n) is 2.51. The zero-order valence-corrected chi connectivity index (χ0v) is 10.8. The molecule has 0 fully saturated rings. The van der Waals surface area contributed by atoms with E-state index in [9.17, 15) is 14.4 Å². The number of ether oxygens (including phenoxy) is 1. The van der Waals surface area contributed by atoms with E-state index in [-0.39, 0.29) is 5.56 Å². The van der Waals surface area contributed by atoms with E-state index in [1.807, 2.05) is 0 Å². The predicted molar refractivity (Wildman–Crippen MR) is 68.3 cm³/mol. The van der Waals surface area contributed by atoms with Crippen LogP contribution in [0.15, 0.2) is 24.3 Å². The van der Waals surface area contributed by atoms with Gasteiger partial charge in [0.2, 0.25) is 0 Å². The maximum Gasteiger partial charge on any atom is 0.326 e. The van der Waals surface area contributed by atoms with Crippen molar-refractivity contribution in [2.45, 2.75) is 19.1 Å². The Balaban J connectivity index is 2.73. The summed E-state index contributed by atoms with van der Waals surface area (Å²) in [5.41, 5.74) is 1.12. The molecule has 1 aromatic carbocycles. The second kappa shape index (κ2) is 7.25. The summed E-state index contributed by atoms with van der Waals surface area (Å²) in [5, 5.41) is 19.6. The van der Waals surface area contributed by atoms with E-state index in [1.165, 1.54) is 12.1 Å². The number of carboxylic acid groups (broad SMARTS) is 2. The third kappa shape index (κ3) is 4.69. The first kappa shape index (κ1) is 15.6. The Bertz CT molecular complexity index is 496. The molecule has 1 aromatic rings. The number of carbonyl (C=O) groups excluding carboxylic acids is 1. The lowest BCUT2D eigenvalue weighted by molar-refractivity contribution is -0.145. The van der Waals surface area contributed by atoms with Crippen molar-refractivity contribution in [1.29, 1.82) is 0 Å². The fourth-order valence-corrected chi connectivity index (χ4v) is 1.54. The van der Waals surface area contributed by atoms with Crippen molar-refractivity contribution in [2.24, 2.45) is 0 Å².